The lowest BCUT2D eigenvalue weighted by Crippen LogP contribution is -2.31. The fraction of sp³-hybridized carbons (Fsp3) is 0.208. The van der Waals surface area contributed by atoms with Crippen molar-refractivity contribution in [3.63, 3.8) is 0 Å². The number of rotatable bonds is 8. The number of thioether (sulfide) groups is 1. The molecule has 0 saturated heterocycles. The van der Waals surface area contributed by atoms with E-state index in [4.69, 9.17) is 0 Å². The predicted molar refractivity (Wildman–Crippen MR) is 114 cm³/mol. The van der Waals surface area contributed by atoms with Gasteiger partial charge >= 0.3 is 0 Å². The van der Waals surface area contributed by atoms with Gasteiger partial charge in [0.25, 0.3) is 0 Å². The number of carbonyl (C=O) groups is 1. The summed E-state index contributed by atoms with van der Waals surface area (Å²) in [5.74, 6) is 1.54. The molecule has 0 aliphatic carbocycles. The second-order valence-corrected chi connectivity index (χ2v) is 7.63. The number of hydrogen-bond acceptors (Lipinski definition) is 2. The van der Waals surface area contributed by atoms with E-state index in [1.807, 2.05) is 41.3 Å². The molecule has 0 bridgehead atoms. The lowest BCUT2D eigenvalue weighted by Gasteiger charge is -2.23. The minimum absolute atomic E-state index is 0.182. The number of amides is 1. The van der Waals surface area contributed by atoms with Gasteiger partial charge in [-0.1, -0.05) is 84.9 Å². The van der Waals surface area contributed by atoms with Crippen molar-refractivity contribution in [3.8, 4) is 0 Å². The number of hydrogen-bond donors (Lipinski definition) is 0. The largest absolute Gasteiger partial charge is 0.333 e. The third kappa shape index (κ3) is 6.00. The Labute approximate surface area is 166 Å². The monoisotopic (exact) mass is 375 g/mol. The molecule has 27 heavy (non-hydrogen) atoms. The zero-order valence-electron chi connectivity index (χ0n) is 15.7. The van der Waals surface area contributed by atoms with Crippen LogP contribution in [0.15, 0.2) is 84.9 Å². The molecule has 0 saturated carbocycles. The summed E-state index contributed by atoms with van der Waals surface area (Å²) in [6, 6.07) is 28.8. The van der Waals surface area contributed by atoms with Crippen LogP contribution >= 0.6 is 11.8 Å². The fourth-order valence-electron chi connectivity index (χ4n) is 2.95. The molecule has 0 spiro atoms. The average Bonchev–Trinajstić information content (AvgIpc) is 2.70. The van der Waals surface area contributed by atoms with E-state index in [0.29, 0.717) is 18.8 Å². The minimum Gasteiger partial charge on any atom is -0.333 e. The molecule has 0 N–H and O–H groups in total. The van der Waals surface area contributed by atoms with E-state index in [1.165, 1.54) is 11.1 Å². The third-order valence-electron chi connectivity index (χ3n) is 4.53. The SMILES string of the molecule is Cc1ccccc1CSCC(=O)N(Cc1ccccc1)Cc1ccccc1. The highest BCUT2D eigenvalue weighted by Gasteiger charge is 2.15. The maximum absolute atomic E-state index is 12.9. The average molecular weight is 376 g/mol. The highest BCUT2D eigenvalue weighted by Crippen LogP contribution is 2.18. The van der Waals surface area contributed by atoms with Crippen molar-refractivity contribution in [2.75, 3.05) is 5.75 Å². The molecule has 0 aliphatic heterocycles. The normalized spacial score (nSPS) is 10.6. The van der Waals surface area contributed by atoms with Gasteiger partial charge in [0.2, 0.25) is 5.91 Å². The van der Waals surface area contributed by atoms with Gasteiger partial charge in [0.15, 0.2) is 0 Å². The Morgan fingerprint density at radius 3 is 1.85 bits per heavy atom. The first-order valence-electron chi connectivity index (χ1n) is 9.20. The third-order valence-corrected chi connectivity index (χ3v) is 5.50. The molecule has 1 amide bonds. The Morgan fingerprint density at radius 2 is 1.30 bits per heavy atom. The molecule has 0 unspecified atom stereocenters. The van der Waals surface area contributed by atoms with E-state index < -0.39 is 0 Å². The zero-order valence-corrected chi connectivity index (χ0v) is 16.5. The Bertz CT molecular complexity index is 807. The van der Waals surface area contributed by atoms with Crippen molar-refractivity contribution in [2.45, 2.75) is 25.8 Å². The molecular formula is C24H25NOS. The summed E-state index contributed by atoms with van der Waals surface area (Å²) in [6.07, 6.45) is 0. The van der Waals surface area contributed by atoms with Crippen molar-refractivity contribution >= 4 is 17.7 Å². The summed E-state index contributed by atoms with van der Waals surface area (Å²) >= 11 is 1.69. The topological polar surface area (TPSA) is 20.3 Å². The summed E-state index contributed by atoms with van der Waals surface area (Å²) in [5.41, 5.74) is 4.90. The number of aryl methyl sites for hydroxylation is 1. The van der Waals surface area contributed by atoms with Crippen LogP contribution in [-0.4, -0.2) is 16.6 Å². The van der Waals surface area contributed by atoms with Crippen LogP contribution in [0.4, 0.5) is 0 Å². The molecular weight excluding hydrogens is 350 g/mol. The Hall–Kier alpha value is -2.52. The van der Waals surface area contributed by atoms with Gasteiger partial charge in [-0.15, -0.1) is 11.8 Å². The van der Waals surface area contributed by atoms with Crippen molar-refractivity contribution in [1.29, 1.82) is 0 Å². The smallest absolute Gasteiger partial charge is 0.233 e. The zero-order chi connectivity index (χ0) is 18.9. The maximum atomic E-state index is 12.9. The first-order valence-corrected chi connectivity index (χ1v) is 10.4. The van der Waals surface area contributed by atoms with Crippen molar-refractivity contribution in [3.05, 3.63) is 107 Å². The van der Waals surface area contributed by atoms with Gasteiger partial charge in [-0.3, -0.25) is 4.79 Å². The molecule has 0 aliphatic rings. The maximum Gasteiger partial charge on any atom is 0.233 e. The lowest BCUT2D eigenvalue weighted by atomic mass is 10.1. The van der Waals surface area contributed by atoms with Crippen molar-refractivity contribution < 1.29 is 4.79 Å². The van der Waals surface area contributed by atoms with Crippen LogP contribution in [0.25, 0.3) is 0 Å². The number of carbonyl (C=O) groups excluding carboxylic acids is 1. The molecule has 2 nitrogen and oxygen atoms in total. The highest BCUT2D eigenvalue weighted by atomic mass is 32.2. The summed E-state index contributed by atoms with van der Waals surface area (Å²) < 4.78 is 0. The fourth-order valence-corrected chi connectivity index (χ4v) is 3.95. The first-order chi connectivity index (χ1) is 13.2. The molecule has 3 heteroatoms. The van der Waals surface area contributed by atoms with E-state index in [2.05, 4.69) is 55.5 Å². The van der Waals surface area contributed by atoms with E-state index in [-0.39, 0.29) is 5.91 Å². The quantitative estimate of drug-likeness (QED) is 0.521. The van der Waals surface area contributed by atoms with Gasteiger partial charge in [-0.2, -0.15) is 0 Å². The highest BCUT2D eigenvalue weighted by molar-refractivity contribution is 7.99. The van der Waals surface area contributed by atoms with Crippen LogP contribution in [-0.2, 0) is 23.6 Å². The lowest BCUT2D eigenvalue weighted by molar-refractivity contribution is -0.129. The van der Waals surface area contributed by atoms with Crippen LogP contribution in [0.1, 0.15) is 22.3 Å². The Kier molecular flexibility index (Phi) is 7.11. The van der Waals surface area contributed by atoms with E-state index in [0.717, 1.165) is 16.9 Å². The van der Waals surface area contributed by atoms with E-state index >= 15 is 0 Å². The first kappa shape index (κ1) is 19.2. The molecule has 0 heterocycles. The van der Waals surface area contributed by atoms with E-state index in [1.54, 1.807) is 11.8 Å². The van der Waals surface area contributed by atoms with Gasteiger partial charge in [0.05, 0.1) is 5.75 Å². The molecule has 0 fully saturated rings. The van der Waals surface area contributed by atoms with Crippen LogP contribution < -0.4 is 0 Å². The Balaban J connectivity index is 1.63. The van der Waals surface area contributed by atoms with Gasteiger partial charge in [-0.05, 0) is 29.2 Å². The second kappa shape index (κ2) is 9.98. The van der Waals surface area contributed by atoms with Gasteiger partial charge in [0, 0.05) is 18.8 Å². The molecule has 3 aromatic carbocycles. The summed E-state index contributed by atoms with van der Waals surface area (Å²) in [7, 11) is 0. The van der Waals surface area contributed by atoms with Crippen LogP contribution in [0, 0.1) is 6.92 Å². The van der Waals surface area contributed by atoms with Gasteiger partial charge < -0.3 is 4.90 Å². The number of benzene rings is 3. The molecule has 3 rings (SSSR count). The molecule has 0 radical (unpaired) electrons. The van der Waals surface area contributed by atoms with Crippen LogP contribution in [0.5, 0.6) is 0 Å². The van der Waals surface area contributed by atoms with Gasteiger partial charge in [-0.25, -0.2) is 0 Å². The van der Waals surface area contributed by atoms with Crippen molar-refractivity contribution in [1.82, 2.24) is 4.90 Å². The number of nitrogens with zero attached hydrogens (tertiary/aromatic N) is 1. The standard InChI is InChI=1S/C24H25NOS/c1-20-10-8-9-15-23(20)18-27-19-24(26)25(16-21-11-4-2-5-12-21)17-22-13-6-3-7-14-22/h2-15H,16-19H2,1H3. The molecule has 138 valence electrons. The second-order valence-electron chi connectivity index (χ2n) is 6.64. The van der Waals surface area contributed by atoms with E-state index in [9.17, 15) is 4.79 Å². The molecule has 3 aromatic rings. The van der Waals surface area contributed by atoms with Crippen molar-refractivity contribution in [2.24, 2.45) is 0 Å². The minimum atomic E-state index is 0.182. The molecule has 0 atom stereocenters. The summed E-state index contributed by atoms with van der Waals surface area (Å²) in [5, 5.41) is 0. The summed E-state index contributed by atoms with van der Waals surface area (Å²) in [4.78, 5) is 14.9. The van der Waals surface area contributed by atoms with Crippen LogP contribution in [0.2, 0.25) is 0 Å². The molecule has 0 aromatic heterocycles. The van der Waals surface area contributed by atoms with Crippen LogP contribution in [0.3, 0.4) is 0 Å². The Morgan fingerprint density at radius 1 is 0.778 bits per heavy atom. The van der Waals surface area contributed by atoms with Gasteiger partial charge in [0.1, 0.15) is 0 Å². The predicted octanol–water partition coefficient (Wildman–Crippen LogP) is 5.46. The summed E-state index contributed by atoms with van der Waals surface area (Å²) in [6.45, 7) is 3.40.